The van der Waals surface area contributed by atoms with Crippen molar-refractivity contribution >= 4 is 106 Å². The molecule has 3 heterocycles. The molecule has 0 saturated carbocycles. The quantitative estimate of drug-likeness (QED) is 0.0882. The van der Waals surface area contributed by atoms with Gasteiger partial charge >= 0.3 is 7.64 Å². The van der Waals surface area contributed by atoms with Crippen molar-refractivity contribution < 1.29 is 4.89 Å². The van der Waals surface area contributed by atoms with Gasteiger partial charge in [-0.3, -0.25) is 9.34 Å². The van der Waals surface area contributed by atoms with E-state index in [2.05, 4.69) is 334 Å². The number of anilines is 10. The maximum Gasteiger partial charge on any atom is 0.304 e. The highest BCUT2D eigenvalue weighted by Gasteiger charge is 2.56. The van der Waals surface area contributed by atoms with Gasteiger partial charge in [0.05, 0.1) is 34.1 Å². The Labute approximate surface area is 527 Å². The summed E-state index contributed by atoms with van der Waals surface area (Å²) in [6, 6.07) is 115. The maximum absolute atomic E-state index is 14.1. The van der Waals surface area contributed by atoms with Crippen LogP contribution in [0.2, 0.25) is 0 Å². The van der Waals surface area contributed by atoms with Gasteiger partial charge in [0.25, 0.3) is 0 Å². The smallest absolute Gasteiger partial charge is 0.304 e. The van der Waals surface area contributed by atoms with Gasteiger partial charge in [-0.05, 0) is 133 Å². The van der Waals surface area contributed by atoms with Crippen LogP contribution in [0.3, 0.4) is 0 Å². The van der Waals surface area contributed by atoms with Crippen LogP contribution in [0.15, 0.2) is 338 Å². The number of para-hydroxylation sites is 10. The molecule has 15 rings (SSSR count). The molecule has 0 bridgehead atoms. The average Bonchev–Trinajstić information content (AvgIpc) is 1.22. The van der Waals surface area contributed by atoms with Crippen molar-refractivity contribution in [1.82, 2.24) is 5.32 Å². The second-order valence-electron chi connectivity index (χ2n) is 22.4. The first-order valence-corrected chi connectivity index (χ1v) is 33.3. The van der Waals surface area contributed by atoms with Crippen LogP contribution in [0.5, 0.6) is 0 Å². The molecule has 434 valence electrons. The average molecular weight is 1200 g/mol. The summed E-state index contributed by atoms with van der Waals surface area (Å²) in [5, 5.41) is 10.4. The van der Waals surface area contributed by atoms with Crippen LogP contribution < -0.4 is 40.2 Å². The summed E-state index contributed by atoms with van der Waals surface area (Å²) in [7, 11) is -4.52. The Morgan fingerprint density at radius 1 is 0.467 bits per heavy atom. The number of nitrogens with one attached hydrogen (secondary N) is 2. The van der Waals surface area contributed by atoms with E-state index in [-0.39, 0.29) is 0 Å². The highest BCUT2D eigenvalue weighted by atomic mass is 31.2. The Kier molecular flexibility index (Phi) is 15.2. The Balaban J connectivity index is 0.814. The van der Waals surface area contributed by atoms with Gasteiger partial charge in [-0.1, -0.05) is 212 Å². The molecule has 0 saturated heterocycles. The zero-order valence-electron chi connectivity index (χ0n) is 49.5. The molecule has 0 aromatic heterocycles. The van der Waals surface area contributed by atoms with Gasteiger partial charge in [0.15, 0.2) is 16.8 Å². The zero-order chi connectivity index (χ0) is 60.4. The van der Waals surface area contributed by atoms with Gasteiger partial charge in [-0.2, -0.15) is 4.67 Å². The summed E-state index contributed by atoms with van der Waals surface area (Å²) in [4.78, 5) is 27.4. The number of amidine groups is 2. The molecule has 9 nitrogen and oxygen atoms in total. The number of aliphatic imine (C=N–C) groups is 2. The second-order valence-corrected chi connectivity index (χ2v) is 26.9. The van der Waals surface area contributed by atoms with Crippen molar-refractivity contribution in [3.63, 3.8) is 0 Å². The van der Waals surface area contributed by atoms with Gasteiger partial charge < -0.3 is 15.5 Å². The SMILES string of the molecule is CC1=C(c2ccccc2)[P+](O)(c2ccc(C3=NC(c4ccc(P5N(c6ccccc6)c6ccccc6N5c5ccccc5)cc4)N=C(c4ccc(CN(c5ccccc5)c5ccccc5Nc5ccccc5)cc4)N3)cc2)N(c2ccccc2)c2ccccc21. The number of hydrogen-bond acceptors (Lipinski definition) is 9. The lowest BCUT2D eigenvalue weighted by molar-refractivity contribution is 0.622. The molecule has 3 aliphatic rings. The largest absolute Gasteiger partial charge is 0.354 e. The number of rotatable bonds is 15. The van der Waals surface area contributed by atoms with Crippen LogP contribution in [-0.4, -0.2) is 16.6 Å². The van der Waals surface area contributed by atoms with E-state index >= 15 is 0 Å². The monoisotopic (exact) mass is 1200 g/mol. The Morgan fingerprint density at radius 2 is 0.944 bits per heavy atom. The van der Waals surface area contributed by atoms with E-state index in [1.165, 1.54) is 5.30 Å². The molecule has 0 aliphatic carbocycles. The summed E-state index contributed by atoms with van der Waals surface area (Å²) >= 11 is 0. The van der Waals surface area contributed by atoms with Gasteiger partial charge in [0.2, 0.25) is 0 Å². The van der Waals surface area contributed by atoms with Crippen molar-refractivity contribution in [1.29, 1.82) is 0 Å². The molecule has 0 fully saturated rings. The number of allylic oxidation sites excluding steroid dienone is 1. The normalized spacial score (nSPS) is 16.2. The molecule has 12 aromatic carbocycles. The van der Waals surface area contributed by atoms with E-state index in [1.807, 2.05) is 30.3 Å². The van der Waals surface area contributed by atoms with Crippen molar-refractivity contribution in [3.05, 3.63) is 361 Å². The third-order valence-corrected chi connectivity index (χ3v) is 22.5. The van der Waals surface area contributed by atoms with Crippen molar-refractivity contribution in [2.24, 2.45) is 9.98 Å². The number of benzene rings is 12. The van der Waals surface area contributed by atoms with Gasteiger partial charge in [-0.15, -0.1) is 0 Å². The van der Waals surface area contributed by atoms with Crippen LogP contribution >= 0.6 is 15.9 Å². The van der Waals surface area contributed by atoms with Crippen LogP contribution in [-0.2, 0) is 6.54 Å². The summed E-state index contributed by atoms with van der Waals surface area (Å²) < 4.78 is 7.20. The lowest BCUT2D eigenvalue weighted by Gasteiger charge is -2.39. The number of hydrogen-bond donors (Lipinski definition) is 3. The first-order valence-electron chi connectivity index (χ1n) is 30.3. The van der Waals surface area contributed by atoms with E-state index in [1.54, 1.807) is 0 Å². The fourth-order valence-electron chi connectivity index (χ4n) is 12.6. The summed E-state index contributed by atoms with van der Waals surface area (Å²) in [6.45, 7) is 2.77. The van der Waals surface area contributed by atoms with Crippen LogP contribution in [0, 0.1) is 0 Å². The summed E-state index contributed by atoms with van der Waals surface area (Å²) in [5.74, 6) is 1.39. The predicted molar refractivity (Wildman–Crippen MR) is 380 cm³/mol. The molecule has 90 heavy (non-hydrogen) atoms. The second kappa shape index (κ2) is 24.5. The highest BCUT2D eigenvalue weighted by molar-refractivity contribution is 7.89. The zero-order valence-corrected chi connectivity index (χ0v) is 51.3. The Morgan fingerprint density at radius 3 is 1.53 bits per heavy atom. The fourth-order valence-corrected chi connectivity index (χ4v) is 18.4. The number of fused-ring (bicyclic) bond motifs is 2. The molecular formula is C79H63N8OP2+. The van der Waals surface area contributed by atoms with Crippen molar-refractivity contribution in [2.45, 2.75) is 19.6 Å². The summed E-state index contributed by atoms with van der Waals surface area (Å²) in [6.07, 6.45) is -0.591. The number of nitrogens with zero attached hydrogens (tertiary/aromatic N) is 6. The van der Waals surface area contributed by atoms with Gasteiger partial charge in [0.1, 0.15) is 19.9 Å². The first-order chi connectivity index (χ1) is 44.4. The highest BCUT2D eigenvalue weighted by Crippen LogP contribution is 2.75. The van der Waals surface area contributed by atoms with E-state index in [0.717, 1.165) is 106 Å². The molecule has 12 aromatic rings. The van der Waals surface area contributed by atoms with Crippen LogP contribution in [0.25, 0.3) is 10.9 Å². The molecule has 2 unspecified atom stereocenters. The lowest BCUT2D eigenvalue weighted by atomic mass is 10.0. The maximum atomic E-state index is 14.1. The molecule has 0 spiro atoms. The molecular weight excluding hydrogens is 1140 g/mol. The van der Waals surface area contributed by atoms with E-state index < -0.39 is 22.0 Å². The topological polar surface area (TPSA) is 82.0 Å². The van der Waals surface area contributed by atoms with Crippen LogP contribution in [0.1, 0.15) is 46.5 Å². The molecule has 11 heteroatoms. The minimum absolute atomic E-state index is 0.591. The van der Waals surface area contributed by atoms with E-state index in [0.29, 0.717) is 18.2 Å². The van der Waals surface area contributed by atoms with E-state index in [9.17, 15) is 4.89 Å². The minimum Gasteiger partial charge on any atom is -0.354 e. The van der Waals surface area contributed by atoms with Crippen molar-refractivity contribution in [2.75, 3.05) is 24.2 Å². The lowest BCUT2D eigenvalue weighted by Crippen LogP contribution is -2.36. The van der Waals surface area contributed by atoms with Crippen molar-refractivity contribution in [3.8, 4) is 0 Å². The fraction of sp³-hybridized carbons (Fsp3) is 0.0380. The third kappa shape index (κ3) is 10.6. The van der Waals surface area contributed by atoms with Crippen LogP contribution in [0.4, 0.5) is 56.9 Å². The third-order valence-electron chi connectivity index (χ3n) is 16.8. The molecule has 2 atom stereocenters. The Hall–Kier alpha value is -10.7. The molecule has 3 aliphatic heterocycles. The standard InChI is InChI=1S/C79H63N8OP2/c1-57-70-38-20-22-40-72(70)87(67-36-18-7-19-37-67)90(88,76(57)59-26-8-2-9-27-59)69-54-50-62(51-55-69)79-82-77(60-46-44-58(45-47-60)56-84(64-30-12-4-13-31-64)73-41-23-21-39-71(73)80-63-28-10-3-11-29-63)81-78(83-79)61-48-52-68(53-49-61)89-85(65-32-14-5-15-33-65)74-42-24-25-43-75(74)86(89)66-34-16-6-17-35-66/h2-55,78,80,88H,56H2,1H3,(H,81,82,83)/q+1. The minimum atomic E-state index is -3.39. The summed E-state index contributed by atoms with van der Waals surface area (Å²) in [5.41, 5.74) is 17.7. The van der Waals surface area contributed by atoms with Gasteiger partial charge in [-0.25, -0.2) is 14.9 Å². The van der Waals surface area contributed by atoms with E-state index in [4.69, 9.17) is 9.98 Å². The molecule has 0 radical (unpaired) electrons. The first kappa shape index (κ1) is 55.9. The molecule has 3 N–H and O–H groups in total. The molecule has 0 amide bonds. The Bertz CT molecular complexity index is 4530. The predicted octanol–water partition coefficient (Wildman–Crippen LogP) is 19.4. The van der Waals surface area contributed by atoms with Gasteiger partial charge in [0, 0.05) is 62.4 Å².